The van der Waals surface area contributed by atoms with E-state index < -0.39 is 0 Å². The zero-order valence-corrected chi connectivity index (χ0v) is 13.2. The van der Waals surface area contributed by atoms with Crippen LogP contribution in [0.2, 0.25) is 5.02 Å². The molecule has 1 N–H and O–H groups in total. The van der Waals surface area contributed by atoms with E-state index >= 15 is 0 Å². The SMILES string of the molecule is CNc1ccc(Cl)c(C(=O)N2CCCC3CCCCC32)n1. The van der Waals surface area contributed by atoms with Crippen molar-refractivity contribution < 1.29 is 4.79 Å². The number of nitrogens with one attached hydrogen (secondary N) is 1. The first-order valence-electron chi connectivity index (χ1n) is 7.86. The lowest BCUT2D eigenvalue weighted by atomic mass is 9.78. The van der Waals surface area contributed by atoms with Crippen molar-refractivity contribution in [2.75, 3.05) is 18.9 Å². The van der Waals surface area contributed by atoms with Crippen LogP contribution in [0.3, 0.4) is 0 Å². The lowest BCUT2D eigenvalue weighted by molar-refractivity contribution is 0.0385. The van der Waals surface area contributed by atoms with E-state index in [0.717, 1.165) is 19.4 Å². The number of fused-ring (bicyclic) bond motifs is 1. The molecule has 0 spiro atoms. The van der Waals surface area contributed by atoms with Gasteiger partial charge >= 0.3 is 0 Å². The Balaban J connectivity index is 1.86. The lowest BCUT2D eigenvalue weighted by Gasteiger charge is -2.44. The summed E-state index contributed by atoms with van der Waals surface area (Å²) in [6.45, 7) is 0.835. The van der Waals surface area contributed by atoms with Gasteiger partial charge in [-0.25, -0.2) is 4.98 Å². The summed E-state index contributed by atoms with van der Waals surface area (Å²) in [6, 6.07) is 3.92. The van der Waals surface area contributed by atoms with Crippen molar-refractivity contribution in [3.8, 4) is 0 Å². The summed E-state index contributed by atoms with van der Waals surface area (Å²) in [5.41, 5.74) is 0.384. The fourth-order valence-electron chi connectivity index (χ4n) is 3.74. The molecule has 3 rings (SSSR count). The molecule has 5 heteroatoms. The molecule has 114 valence electrons. The highest BCUT2D eigenvalue weighted by Crippen LogP contribution is 2.36. The highest BCUT2D eigenvalue weighted by Gasteiger charge is 2.36. The van der Waals surface area contributed by atoms with E-state index in [-0.39, 0.29) is 5.91 Å². The normalized spacial score (nSPS) is 25.3. The number of carbonyl (C=O) groups excluding carboxylic acids is 1. The molecular formula is C16H22ClN3O. The largest absolute Gasteiger partial charge is 0.373 e. The van der Waals surface area contributed by atoms with Crippen molar-refractivity contribution in [1.82, 2.24) is 9.88 Å². The lowest BCUT2D eigenvalue weighted by Crippen LogP contribution is -2.49. The highest BCUT2D eigenvalue weighted by atomic mass is 35.5. The molecular weight excluding hydrogens is 286 g/mol. The van der Waals surface area contributed by atoms with Crippen molar-refractivity contribution in [3.05, 3.63) is 22.8 Å². The van der Waals surface area contributed by atoms with E-state index in [0.29, 0.717) is 28.5 Å². The zero-order chi connectivity index (χ0) is 14.8. The summed E-state index contributed by atoms with van der Waals surface area (Å²) in [4.78, 5) is 19.3. The van der Waals surface area contributed by atoms with E-state index in [2.05, 4.69) is 10.3 Å². The molecule has 2 atom stereocenters. The number of amides is 1. The van der Waals surface area contributed by atoms with Gasteiger partial charge in [0.2, 0.25) is 0 Å². The van der Waals surface area contributed by atoms with Crippen LogP contribution in [0.25, 0.3) is 0 Å². The Morgan fingerprint density at radius 1 is 1.29 bits per heavy atom. The molecule has 1 amide bonds. The highest BCUT2D eigenvalue weighted by molar-refractivity contribution is 6.33. The molecule has 2 aliphatic rings. The molecule has 2 fully saturated rings. The Bertz CT molecular complexity index is 532. The quantitative estimate of drug-likeness (QED) is 0.908. The van der Waals surface area contributed by atoms with Gasteiger partial charge in [0.1, 0.15) is 11.5 Å². The fourth-order valence-corrected chi connectivity index (χ4v) is 3.93. The number of hydrogen-bond acceptors (Lipinski definition) is 3. The second-order valence-electron chi connectivity index (χ2n) is 6.03. The van der Waals surface area contributed by atoms with Gasteiger partial charge in [-0.2, -0.15) is 0 Å². The molecule has 1 aliphatic heterocycles. The Kier molecular flexibility index (Phi) is 4.34. The number of hydrogen-bond donors (Lipinski definition) is 1. The molecule has 0 radical (unpaired) electrons. The van der Waals surface area contributed by atoms with Crippen LogP contribution in [0.15, 0.2) is 12.1 Å². The van der Waals surface area contributed by atoms with Gasteiger partial charge in [0.25, 0.3) is 5.91 Å². The molecule has 21 heavy (non-hydrogen) atoms. The van der Waals surface area contributed by atoms with Crippen molar-refractivity contribution >= 4 is 23.3 Å². The molecule has 1 aliphatic carbocycles. The number of carbonyl (C=O) groups is 1. The Hall–Kier alpha value is -1.29. The van der Waals surface area contributed by atoms with Crippen LogP contribution >= 0.6 is 11.6 Å². The van der Waals surface area contributed by atoms with Gasteiger partial charge in [0.05, 0.1) is 5.02 Å². The summed E-state index contributed by atoms with van der Waals surface area (Å²) >= 11 is 6.20. The van der Waals surface area contributed by atoms with Gasteiger partial charge in [-0.15, -0.1) is 0 Å². The number of likely N-dealkylation sites (tertiary alicyclic amines) is 1. The molecule has 2 heterocycles. The van der Waals surface area contributed by atoms with Gasteiger partial charge < -0.3 is 10.2 Å². The van der Waals surface area contributed by atoms with Gasteiger partial charge in [-0.1, -0.05) is 24.4 Å². The van der Waals surface area contributed by atoms with Crippen LogP contribution < -0.4 is 5.32 Å². The standard InChI is InChI=1S/C16H22ClN3O/c1-18-14-9-8-12(17)15(19-14)16(21)20-10-4-6-11-5-2-3-7-13(11)20/h8-9,11,13H,2-7,10H2,1H3,(H,18,19). The van der Waals surface area contributed by atoms with Crippen LogP contribution in [-0.2, 0) is 0 Å². The molecule has 0 bridgehead atoms. The summed E-state index contributed by atoms with van der Waals surface area (Å²) in [6.07, 6.45) is 7.26. The van der Waals surface area contributed by atoms with E-state index in [1.165, 1.54) is 25.7 Å². The summed E-state index contributed by atoms with van der Waals surface area (Å²) < 4.78 is 0. The van der Waals surface area contributed by atoms with Crippen molar-refractivity contribution in [2.45, 2.75) is 44.6 Å². The maximum atomic E-state index is 12.9. The third kappa shape index (κ3) is 2.86. The van der Waals surface area contributed by atoms with Crippen molar-refractivity contribution in [3.63, 3.8) is 0 Å². The van der Waals surface area contributed by atoms with E-state index in [9.17, 15) is 4.79 Å². The number of piperidine rings is 1. The second-order valence-corrected chi connectivity index (χ2v) is 6.44. The summed E-state index contributed by atoms with van der Waals surface area (Å²) in [5, 5.41) is 3.41. The maximum absolute atomic E-state index is 12.9. The Morgan fingerprint density at radius 3 is 2.86 bits per heavy atom. The first kappa shape index (κ1) is 14.6. The van der Waals surface area contributed by atoms with Gasteiger partial charge in [0.15, 0.2) is 0 Å². The molecule has 1 saturated heterocycles. The van der Waals surface area contributed by atoms with E-state index in [1.54, 1.807) is 19.2 Å². The Labute approximate surface area is 130 Å². The van der Waals surface area contributed by atoms with Crippen LogP contribution in [0.4, 0.5) is 5.82 Å². The smallest absolute Gasteiger partial charge is 0.274 e. The molecule has 0 aromatic carbocycles. The minimum atomic E-state index is -0.00583. The number of pyridine rings is 1. The molecule has 2 unspecified atom stereocenters. The number of halogens is 1. The number of anilines is 1. The topological polar surface area (TPSA) is 45.2 Å². The van der Waals surface area contributed by atoms with Crippen molar-refractivity contribution in [1.29, 1.82) is 0 Å². The Morgan fingerprint density at radius 2 is 2.05 bits per heavy atom. The fraction of sp³-hybridized carbons (Fsp3) is 0.625. The van der Waals surface area contributed by atoms with Gasteiger partial charge in [-0.3, -0.25) is 4.79 Å². The first-order valence-corrected chi connectivity index (χ1v) is 8.24. The summed E-state index contributed by atoms with van der Waals surface area (Å²) in [7, 11) is 1.79. The third-order valence-corrected chi connectivity index (χ3v) is 5.11. The predicted octanol–water partition coefficient (Wildman–Crippen LogP) is 3.57. The van der Waals surface area contributed by atoms with Crippen LogP contribution in [0.5, 0.6) is 0 Å². The summed E-state index contributed by atoms with van der Waals surface area (Å²) in [5.74, 6) is 1.34. The number of nitrogens with zero attached hydrogens (tertiary/aromatic N) is 2. The molecule has 4 nitrogen and oxygen atoms in total. The third-order valence-electron chi connectivity index (χ3n) is 4.81. The average molecular weight is 308 g/mol. The van der Waals surface area contributed by atoms with Crippen molar-refractivity contribution in [2.24, 2.45) is 5.92 Å². The van der Waals surface area contributed by atoms with Crippen LogP contribution in [0.1, 0.15) is 49.0 Å². The van der Waals surface area contributed by atoms with E-state index in [4.69, 9.17) is 11.6 Å². The minimum Gasteiger partial charge on any atom is -0.373 e. The van der Waals surface area contributed by atoms with E-state index in [1.807, 2.05) is 4.90 Å². The number of rotatable bonds is 2. The molecule has 1 aromatic heterocycles. The first-order chi connectivity index (χ1) is 10.2. The minimum absolute atomic E-state index is 0.00583. The predicted molar refractivity (Wildman–Crippen MR) is 84.8 cm³/mol. The van der Waals surface area contributed by atoms with Gasteiger partial charge in [-0.05, 0) is 43.7 Å². The second kappa shape index (κ2) is 6.22. The van der Waals surface area contributed by atoms with Gasteiger partial charge in [0, 0.05) is 19.6 Å². The van der Waals surface area contributed by atoms with Crippen LogP contribution in [-0.4, -0.2) is 35.4 Å². The maximum Gasteiger partial charge on any atom is 0.274 e. The molecule has 1 saturated carbocycles. The van der Waals surface area contributed by atoms with Crippen LogP contribution in [0, 0.1) is 5.92 Å². The zero-order valence-electron chi connectivity index (χ0n) is 12.4. The monoisotopic (exact) mass is 307 g/mol. The average Bonchev–Trinajstić information content (AvgIpc) is 2.54. The number of aromatic nitrogens is 1. The molecule has 1 aromatic rings.